The van der Waals surface area contributed by atoms with E-state index in [0.29, 0.717) is 12.6 Å². The number of fused-ring (bicyclic) bond motifs is 1. The fourth-order valence-electron chi connectivity index (χ4n) is 2.84. The van der Waals surface area contributed by atoms with Gasteiger partial charge in [-0.25, -0.2) is 0 Å². The lowest BCUT2D eigenvalue weighted by molar-refractivity contribution is 0.156. The summed E-state index contributed by atoms with van der Waals surface area (Å²) in [6, 6.07) is 8.81. The monoisotopic (exact) mass is 259 g/mol. The summed E-state index contributed by atoms with van der Waals surface area (Å²) in [7, 11) is 2.00. The second kappa shape index (κ2) is 5.28. The molecule has 1 aromatic heterocycles. The van der Waals surface area contributed by atoms with Crippen molar-refractivity contribution in [2.24, 2.45) is 12.8 Å². The molecule has 5 heteroatoms. The average Bonchev–Trinajstić information content (AvgIpc) is 2.77. The molecule has 5 nitrogen and oxygen atoms in total. The first-order valence-electron chi connectivity index (χ1n) is 6.85. The Morgan fingerprint density at radius 3 is 3.11 bits per heavy atom. The van der Waals surface area contributed by atoms with E-state index in [4.69, 9.17) is 5.73 Å². The van der Waals surface area contributed by atoms with Gasteiger partial charge in [0.2, 0.25) is 0 Å². The summed E-state index contributed by atoms with van der Waals surface area (Å²) >= 11 is 0. The number of piperazine rings is 1. The van der Waals surface area contributed by atoms with Crippen LogP contribution in [0.5, 0.6) is 0 Å². The zero-order valence-corrected chi connectivity index (χ0v) is 11.3. The van der Waals surface area contributed by atoms with Crippen molar-refractivity contribution in [1.29, 1.82) is 0 Å². The highest BCUT2D eigenvalue weighted by Gasteiger charge is 2.22. The maximum Gasteiger partial charge on any atom is 0.0843 e. The van der Waals surface area contributed by atoms with Gasteiger partial charge < -0.3 is 11.1 Å². The molecular weight excluding hydrogens is 238 g/mol. The molecule has 0 bridgehead atoms. The summed E-state index contributed by atoms with van der Waals surface area (Å²) in [6.45, 7) is 4.61. The van der Waals surface area contributed by atoms with E-state index in [1.807, 2.05) is 11.7 Å². The Bertz CT molecular complexity index is 562. The minimum absolute atomic E-state index is 0.412. The third kappa shape index (κ3) is 2.36. The molecule has 0 aliphatic carbocycles. The van der Waals surface area contributed by atoms with E-state index in [1.165, 1.54) is 10.9 Å². The molecule has 0 saturated carbocycles. The Morgan fingerprint density at radius 2 is 2.26 bits per heavy atom. The molecule has 0 spiro atoms. The van der Waals surface area contributed by atoms with Crippen LogP contribution in [0.1, 0.15) is 5.69 Å². The maximum absolute atomic E-state index is 5.86. The van der Waals surface area contributed by atoms with Crippen LogP contribution in [0.25, 0.3) is 10.9 Å². The molecule has 2 aromatic rings. The SMILES string of the molecule is Cn1nc(CN2CCNCC2CN)c2ccccc21. The largest absolute Gasteiger partial charge is 0.329 e. The van der Waals surface area contributed by atoms with Crippen LogP contribution in [-0.4, -0.2) is 46.9 Å². The molecule has 0 amide bonds. The molecular formula is C14H21N5. The van der Waals surface area contributed by atoms with Crippen molar-refractivity contribution in [1.82, 2.24) is 20.0 Å². The number of nitrogens with one attached hydrogen (secondary N) is 1. The first-order chi connectivity index (χ1) is 9.29. The predicted molar refractivity (Wildman–Crippen MR) is 76.8 cm³/mol. The number of rotatable bonds is 3. The van der Waals surface area contributed by atoms with Gasteiger partial charge in [0.15, 0.2) is 0 Å². The van der Waals surface area contributed by atoms with Gasteiger partial charge in [0.1, 0.15) is 0 Å². The van der Waals surface area contributed by atoms with E-state index in [0.717, 1.165) is 31.9 Å². The zero-order chi connectivity index (χ0) is 13.2. The Labute approximate surface area is 113 Å². The highest BCUT2D eigenvalue weighted by Crippen LogP contribution is 2.19. The third-order valence-electron chi connectivity index (χ3n) is 3.93. The van der Waals surface area contributed by atoms with Crippen LogP contribution in [0.15, 0.2) is 24.3 Å². The van der Waals surface area contributed by atoms with Gasteiger partial charge in [-0.05, 0) is 6.07 Å². The number of nitrogens with zero attached hydrogens (tertiary/aromatic N) is 3. The van der Waals surface area contributed by atoms with Crippen molar-refractivity contribution in [2.75, 3.05) is 26.2 Å². The van der Waals surface area contributed by atoms with Crippen molar-refractivity contribution >= 4 is 10.9 Å². The van der Waals surface area contributed by atoms with Gasteiger partial charge in [0.05, 0.1) is 11.2 Å². The summed E-state index contributed by atoms with van der Waals surface area (Å²) in [6.07, 6.45) is 0. The van der Waals surface area contributed by atoms with E-state index in [1.54, 1.807) is 0 Å². The lowest BCUT2D eigenvalue weighted by atomic mass is 10.1. The predicted octanol–water partition coefficient (Wildman–Crippen LogP) is 0.306. The van der Waals surface area contributed by atoms with E-state index in [-0.39, 0.29) is 0 Å². The molecule has 19 heavy (non-hydrogen) atoms. The summed E-state index contributed by atoms with van der Waals surface area (Å²) in [5.74, 6) is 0. The van der Waals surface area contributed by atoms with Gasteiger partial charge >= 0.3 is 0 Å². The van der Waals surface area contributed by atoms with Crippen LogP contribution in [-0.2, 0) is 13.6 Å². The number of hydrogen-bond donors (Lipinski definition) is 2. The average molecular weight is 259 g/mol. The number of benzene rings is 1. The van der Waals surface area contributed by atoms with Gasteiger partial charge in [0, 0.05) is 51.2 Å². The van der Waals surface area contributed by atoms with Crippen LogP contribution >= 0.6 is 0 Å². The smallest absolute Gasteiger partial charge is 0.0843 e. The summed E-state index contributed by atoms with van der Waals surface area (Å²) < 4.78 is 1.96. The lowest BCUT2D eigenvalue weighted by Gasteiger charge is -2.34. The van der Waals surface area contributed by atoms with E-state index < -0.39 is 0 Å². The number of hydrogen-bond acceptors (Lipinski definition) is 4. The highest BCUT2D eigenvalue weighted by molar-refractivity contribution is 5.81. The normalized spacial score (nSPS) is 21.1. The fourth-order valence-corrected chi connectivity index (χ4v) is 2.84. The highest BCUT2D eigenvalue weighted by atomic mass is 15.3. The maximum atomic E-state index is 5.86. The molecule has 1 fully saturated rings. The van der Waals surface area contributed by atoms with Crippen molar-refractivity contribution < 1.29 is 0 Å². The van der Waals surface area contributed by atoms with Crippen LogP contribution in [0.2, 0.25) is 0 Å². The molecule has 1 aromatic carbocycles. The van der Waals surface area contributed by atoms with E-state index in [9.17, 15) is 0 Å². The molecule has 1 aliphatic rings. The minimum atomic E-state index is 0.412. The van der Waals surface area contributed by atoms with E-state index >= 15 is 0 Å². The van der Waals surface area contributed by atoms with Crippen LogP contribution in [0.3, 0.4) is 0 Å². The van der Waals surface area contributed by atoms with Crippen LogP contribution < -0.4 is 11.1 Å². The number of aromatic nitrogens is 2. The van der Waals surface area contributed by atoms with Crippen LogP contribution in [0.4, 0.5) is 0 Å². The molecule has 3 rings (SSSR count). The molecule has 1 atom stereocenters. The molecule has 1 aliphatic heterocycles. The van der Waals surface area contributed by atoms with Crippen molar-refractivity contribution in [3.05, 3.63) is 30.0 Å². The first kappa shape index (κ1) is 12.6. The minimum Gasteiger partial charge on any atom is -0.329 e. The third-order valence-corrected chi connectivity index (χ3v) is 3.93. The standard InChI is InChI=1S/C14H21N5/c1-18-14-5-3-2-4-12(14)13(17-18)10-19-7-6-16-9-11(19)8-15/h2-5,11,16H,6-10,15H2,1H3. The fraction of sp³-hybridized carbons (Fsp3) is 0.500. The Morgan fingerprint density at radius 1 is 1.42 bits per heavy atom. The molecule has 0 radical (unpaired) electrons. The molecule has 1 saturated heterocycles. The Balaban J connectivity index is 1.88. The van der Waals surface area contributed by atoms with Gasteiger partial charge in [0.25, 0.3) is 0 Å². The van der Waals surface area contributed by atoms with Gasteiger partial charge in [-0.3, -0.25) is 9.58 Å². The molecule has 2 heterocycles. The second-order valence-electron chi connectivity index (χ2n) is 5.15. The molecule has 102 valence electrons. The van der Waals surface area contributed by atoms with Crippen molar-refractivity contribution in [3.8, 4) is 0 Å². The summed E-state index contributed by atoms with van der Waals surface area (Å²) in [4.78, 5) is 2.44. The van der Waals surface area contributed by atoms with E-state index in [2.05, 4.69) is 39.6 Å². The van der Waals surface area contributed by atoms with Crippen molar-refractivity contribution in [3.63, 3.8) is 0 Å². The van der Waals surface area contributed by atoms with Gasteiger partial charge in [-0.15, -0.1) is 0 Å². The van der Waals surface area contributed by atoms with Crippen LogP contribution in [0, 0.1) is 0 Å². The van der Waals surface area contributed by atoms with Crippen molar-refractivity contribution in [2.45, 2.75) is 12.6 Å². The quantitative estimate of drug-likeness (QED) is 0.833. The number of aryl methyl sites for hydroxylation is 1. The molecule has 1 unspecified atom stereocenters. The zero-order valence-electron chi connectivity index (χ0n) is 11.3. The molecule has 3 N–H and O–H groups in total. The Hall–Kier alpha value is -1.43. The Kier molecular flexibility index (Phi) is 3.50. The summed E-state index contributed by atoms with van der Waals surface area (Å²) in [5, 5.41) is 9.31. The lowest BCUT2D eigenvalue weighted by Crippen LogP contribution is -2.53. The topological polar surface area (TPSA) is 59.1 Å². The number of para-hydroxylation sites is 1. The van der Waals surface area contributed by atoms with Gasteiger partial charge in [-0.2, -0.15) is 5.10 Å². The summed E-state index contributed by atoms with van der Waals surface area (Å²) in [5.41, 5.74) is 8.20. The number of nitrogens with two attached hydrogens (primary N) is 1. The van der Waals surface area contributed by atoms with Gasteiger partial charge in [-0.1, -0.05) is 18.2 Å². The first-order valence-corrected chi connectivity index (χ1v) is 6.85. The second-order valence-corrected chi connectivity index (χ2v) is 5.15.